The van der Waals surface area contributed by atoms with Gasteiger partial charge in [0.1, 0.15) is 10.3 Å². The summed E-state index contributed by atoms with van der Waals surface area (Å²) in [6, 6.07) is 13.2. The minimum atomic E-state index is -4.14. The molecule has 2 N–H and O–H groups in total. The van der Waals surface area contributed by atoms with E-state index in [1.165, 1.54) is 6.07 Å². The molecule has 1 heterocycles. The van der Waals surface area contributed by atoms with E-state index < -0.39 is 22.0 Å². The van der Waals surface area contributed by atoms with Crippen molar-refractivity contribution in [1.82, 2.24) is 4.31 Å². The van der Waals surface area contributed by atoms with Crippen LogP contribution in [0.25, 0.3) is 10.8 Å². The van der Waals surface area contributed by atoms with Crippen molar-refractivity contribution in [3.05, 3.63) is 53.9 Å². The highest BCUT2D eigenvalue weighted by Crippen LogP contribution is 2.31. The van der Waals surface area contributed by atoms with Crippen LogP contribution in [0.5, 0.6) is 0 Å². The molecule has 0 radical (unpaired) electrons. The van der Waals surface area contributed by atoms with Gasteiger partial charge in [-0.15, -0.1) is 11.3 Å². The molecule has 0 saturated heterocycles. The van der Waals surface area contributed by atoms with Crippen LogP contribution in [-0.4, -0.2) is 51.3 Å². The van der Waals surface area contributed by atoms with Crippen LogP contribution in [0.4, 0.5) is 11.4 Å². The SMILES string of the molecule is CCCCC(C(=O)Nc1ccc(NCCCOC)c2ccccc12)N(C=O)S(=O)(=O)c1cccs1. The van der Waals surface area contributed by atoms with Crippen molar-refractivity contribution in [3.63, 3.8) is 0 Å². The number of anilines is 2. The molecule has 3 aromatic rings. The molecule has 0 fully saturated rings. The van der Waals surface area contributed by atoms with Crippen molar-refractivity contribution < 1.29 is 22.7 Å². The number of carbonyl (C=O) groups is 2. The molecule has 1 atom stereocenters. The minimum absolute atomic E-state index is 0.0215. The van der Waals surface area contributed by atoms with Gasteiger partial charge in [0, 0.05) is 42.4 Å². The van der Waals surface area contributed by atoms with Crippen molar-refractivity contribution >= 4 is 55.8 Å². The molecule has 8 nitrogen and oxygen atoms in total. The molecule has 2 aromatic carbocycles. The number of amides is 2. The van der Waals surface area contributed by atoms with Crippen LogP contribution in [0.2, 0.25) is 0 Å². The zero-order valence-electron chi connectivity index (χ0n) is 19.9. The Kier molecular flexibility index (Phi) is 9.64. The Morgan fingerprint density at radius 3 is 2.43 bits per heavy atom. The molecule has 0 aliphatic carbocycles. The van der Waals surface area contributed by atoms with Gasteiger partial charge in [-0.1, -0.05) is 50.1 Å². The van der Waals surface area contributed by atoms with Gasteiger partial charge in [-0.05, 0) is 36.4 Å². The third kappa shape index (κ3) is 6.39. The second-order valence-corrected chi connectivity index (χ2v) is 11.0. The van der Waals surface area contributed by atoms with Crippen molar-refractivity contribution in [2.24, 2.45) is 0 Å². The van der Waals surface area contributed by atoms with Gasteiger partial charge in [0.05, 0.1) is 0 Å². The zero-order chi connectivity index (χ0) is 25.3. The summed E-state index contributed by atoms with van der Waals surface area (Å²) in [6.45, 7) is 3.33. The Morgan fingerprint density at radius 2 is 1.80 bits per heavy atom. The molecule has 0 bridgehead atoms. The summed E-state index contributed by atoms with van der Waals surface area (Å²) in [7, 11) is -2.47. The minimum Gasteiger partial charge on any atom is -0.385 e. The maximum absolute atomic E-state index is 13.4. The van der Waals surface area contributed by atoms with Crippen LogP contribution in [0, 0.1) is 0 Å². The first-order valence-electron chi connectivity index (χ1n) is 11.5. The average Bonchev–Trinajstić information content (AvgIpc) is 3.41. The number of unbranched alkanes of at least 4 members (excludes halogenated alkanes) is 1. The number of ether oxygens (including phenoxy) is 1. The maximum Gasteiger partial charge on any atom is 0.276 e. The third-order valence-corrected chi connectivity index (χ3v) is 8.72. The van der Waals surface area contributed by atoms with Crippen LogP contribution in [-0.2, 0) is 24.3 Å². The van der Waals surface area contributed by atoms with Crippen LogP contribution in [0.1, 0.15) is 32.6 Å². The second kappa shape index (κ2) is 12.7. The predicted octanol–water partition coefficient (Wildman–Crippen LogP) is 4.69. The fourth-order valence-corrected chi connectivity index (χ4v) is 6.27. The van der Waals surface area contributed by atoms with E-state index in [-0.39, 0.29) is 17.0 Å². The Balaban J connectivity index is 1.90. The van der Waals surface area contributed by atoms with Gasteiger partial charge < -0.3 is 15.4 Å². The number of fused-ring (bicyclic) bond motifs is 1. The first kappa shape index (κ1) is 26.7. The number of nitrogens with one attached hydrogen (secondary N) is 2. The molecule has 2 amide bonds. The normalized spacial score (nSPS) is 12.3. The van der Waals surface area contributed by atoms with Gasteiger partial charge in [-0.2, -0.15) is 0 Å². The monoisotopic (exact) mass is 517 g/mol. The summed E-state index contributed by atoms with van der Waals surface area (Å²) in [5.74, 6) is -0.545. The molecule has 1 aromatic heterocycles. The number of hydrogen-bond donors (Lipinski definition) is 2. The van der Waals surface area contributed by atoms with Gasteiger partial charge in [0.25, 0.3) is 10.0 Å². The van der Waals surface area contributed by atoms with E-state index in [4.69, 9.17) is 4.74 Å². The highest BCUT2D eigenvalue weighted by molar-refractivity contribution is 7.91. The van der Waals surface area contributed by atoms with Gasteiger partial charge in [-0.3, -0.25) is 9.59 Å². The Bertz CT molecular complexity index is 1230. The molecule has 0 saturated carbocycles. The first-order valence-corrected chi connectivity index (χ1v) is 13.8. The van der Waals surface area contributed by atoms with Gasteiger partial charge in [-0.25, -0.2) is 12.7 Å². The molecule has 10 heteroatoms. The van der Waals surface area contributed by atoms with Gasteiger partial charge in [0.15, 0.2) is 0 Å². The second-order valence-electron chi connectivity index (χ2n) is 8.00. The Labute approximate surface area is 210 Å². The summed E-state index contributed by atoms with van der Waals surface area (Å²) in [5.41, 5.74) is 1.47. The van der Waals surface area contributed by atoms with Crippen LogP contribution < -0.4 is 10.6 Å². The lowest BCUT2D eigenvalue weighted by Gasteiger charge is -2.26. The fraction of sp³-hybridized carbons (Fsp3) is 0.360. The third-order valence-electron chi connectivity index (χ3n) is 5.59. The van der Waals surface area contributed by atoms with Crippen molar-refractivity contribution in [3.8, 4) is 0 Å². The Hall–Kier alpha value is -2.95. The molecular weight excluding hydrogens is 486 g/mol. The lowest BCUT2D eigenvalue weighted by atomic mass is 10.1. The summed E-state index contributed by atoms with van der Waals surface area (Å²) < 4.78 is 32.0. The van der Waals surface area contributed by atoms with Crippen molar-refractivity contribution in [2.45, 2.75) is 42.9 Å². The number of methoxy groups -OCH3 is 1. The van der Waals surface area contributed by atoms with E-state index in [0.717, 1.165) is 47.2 Å². The van der Waals surface area contributed by atoms with Crippen molar-refractivity contribution in [2.75, 3.05) is 30.9 Å². The summed E-state index contributed by atoms with van der Waals surface area (Å²) in [6.07, 6.45) is 2.65. The van der Waals surface area contributed by atoms with Crippen molar-refractivity contribution in [1.29, 1.82) is 0 Å². The number of thiophene rings is 1. The lowest BCUT2D eigenvalue weighted by Crippen LogP contribution is -2.46. The maximum atomic E-state index is 13.4. The quantitative estimate of drug-likeness (QED) is 0.237. The van der Waals surface area contributed by atoms with E-state index in [1.807, 2.05) is 37.3 Å². The zero-order valence-corrected chi connectivity index (χ0v) is 21.5. The molecule has 1 unspecified atom stereocenters. The highest BCUT2D eigenvalue weighted by atomic mass is 32.2. The van der Waals surface area contributed by atoms with Crippen LogP contribution in [0.3, 0.4) is 0 Å². The molecule has 0 spiro atoms. The highest BCUT2D eigenvalue weighted by Gasteiger charge is 2.35. The molecule has 35 heavy (non-hydrogen) atoms. The topological polar surface area (TPSA) is 105 Å². The average molecular weight is 518 g/mol. The number of hydrogen-bond acceptors (Lipinski definition) is 7. The summed E-state index contributed by atoms with van der Waals surface area (Å²) in [4.78, 5) is 25.4. The first-order chi connectivity index (χ1) is 16.9. The predicted molar refractivity (Wildman–Crippen MR) is 140 cm³/mol. The van der Waals surface area contributed by atoms with Crippen LogP contribution >= 0.6 is 11.3 Å². The number of benzene rings is 2. The van der Waals surface area contributed by atoms with E-state index in [0.29, 0.717) is 23.0 Å². The number of rotatable bonds is 14. The van der Waals surface area contributed by atoms with E-state index in [2.05, 4.69) is 10.6 Å². The molecular formula is C25H31N3O5S2. The summed E-state index contributed by atoms with van der Waals surface area (Å²) in [5, 5.41) is 9.62. The van der Waals surface area contributed by atoms with Crippen LogP contribution in [0.15, 0.2) is 58.1 Å². The molecule has 0 aliphatic heterocycles. The molecule has 3 rings (SSSR count). The smallest absolute Gasteiger partial charge is 0.276 e. The molecule has 0 aliphatic rings. The van der Waals surface area contributed by atoms with E-state index >= 15 is 0 Å². The van der Waals surface area contributed by atoms with Gasteiger partial charge >= 0.3 is 0 Å². The standard InChI is InChI=1S/C25H31N3O5S2/c1-3-4-11-23(28(18-29)35(31,32)24-12-7-17-34-24)25(30)27-22-14-13-21(26-15-8-16-33-2)19-9-5-6-10-20(19)22/h5-7,9-10,12-14,17-18,23,26H,3-4,8,11,15-16H2,1-2H3,(H,27,30). The van der Waals surface area contributed by atoms with E-state index in [9.17, 15) is 18.0 Å². The molecule has 188 valence electrons. The Morgan fingerprint density at radius 1 is 1.09 bits per heavy atom. The van der Waals surface area contributed by atoms with Gasteiger partial charge in [0.2, 0.25) is 12.3 Å². The number of carbonyl (C=O) groups excluding carboxylic acids is 2. The largest absolute Gasteiger partial charge is 0.385 e. The fourth-order valence-electron chi connectivity index (χ4n) is 3.80. The lowest BCUT2D eigenvalue weighted by molar-refractivity contribution is -0.125. The van der Waals surface area contributed by atoms with E-state index in [1.54, 1.807) is 24.6 Å². The number of nitrogens with zero attached hydrogens (tertiary/aromatic N) is 1. The summed E-state index contributed by atoms with van der Waals surface area (Å²) >= 11 is 1.01. The number of sulfonamides is 1.